The van der Waals surface area contributed by atoms with Gasteiger partial charge in [-0.1, -0.05) is 269 Å². The van der Waals surface area contributed by atoms with E-state index in [1.807, 2.05) is 0 Å². The fourth-order valence-electron chi connectivity index (χ4n) is 12.7. The molecule has 0 aromatic rings. The van der Waals surface area contributed by atoms with Gasteiger partial charge in [0.2, 0.25) is 5.91 Å². The first-order chi connectivity index (χ1) is 44.8. The SMILES string of the molecule is CCCCCCC/C=C\C/C=C\C/C=C\CCCCCCCCCCCCC(=O)NC(COC1OC(CO)C(OC2OC(CO)C(OC3OC(CO)C(O)C(O)C3O)C(O)C2O)C(O)C1O)C(O)CCCCCCCCCCCCCCCCCCCCCCCC. The molecule has 3 aliphatic rings. The molecule has 0 aliphatic carbocycles. The lowest BCUT2D eigenvalue weighted by Crippen LogP contribution is -2.66. The molecular formula is C73H135NO18. The topological polar surface area (TPSA) is 307 Å². The molecule has 0 aromatic heterocycles. The van der Waals surface area contributed by atoms with Gasteiger partial charge in [-0.3, -0.25) is 4.79 Å². The second-order valence-electron chi connectivity index (χ2n) is 26.8. The maximum atomic E-state index is 13.5. The lowest BCUT2D eigenvalue weighted by atomic mass is 9.96. The minimum atomic E-state index is -1.97. The molecule has 19 heteroatoms. The molecule has 12 N–H and O–H groups in total. The van der Waals surface area contributed by atoms with E-state index in [4.69, 9.17) is 28.4 Å². The van der Waals surface area contributed by atoms with Gasteiger partial charge in [0.25, 0.3) is 0 Å². The van der Waals surface area contributed by atoms with Crippen molar-refractivity contribution < 1.29 is 89.4 Å². The Morgan fingerprint density at radius 2 is 0.717 bits per heavy atom. The molecule has 3 rings (SSSR count). The number of allylic oxidation sites excluding steroid dienone is 6. The normalized spacial score (nSPS) is 27.9. The second kappa shape index (κ2) is 55.0. The van der Waals surface area contributed by atoms with Crippen molar-refractivity contribution in [3.05, 3.63) is 36.5 Å². The summed E-state index contributed by atoms with van der Waals surface area (Å²) in [5, 5.41) is 121. The summed E-state index contributed by atoms with van der Waals surface area (Å²) in [5.74, 6) is -0.244. The van der Waals surface area contributed by atoms with E-state index in [1.165, 1.54) is 193 Å². The molecule has 0 spiro atoms. The quantitative estimate of drug-likeness (QED) is 0.0199. The van der Waals surface area contributed by atoms with E-state index in [0.29, 0.717) is 12.8 Å². The molecule has 17 atom stereocenters. The van der Waals surface area contributed by atoms with Crippen LogP contribution in [0, 0.1) is 0 Å². The van der Waals surface area contributed by atoms with Crippen LogP contribution >= 0.6 is 0 Å². The molecule has 19 nitrogen and oxygen atoms in total. The predicted octanol–water partition coefficient (Wildman–Crippen LogP) is 10.8. The number of unbranched alkanes of at least 4 members (excludes halogenated alkanes) is 36. The summed E-state index contributed by atoms with van der Waals surface area (Å²) in [4.78, 5) is 13.5. The number of rotatable bonds is 58. The number of carbonyl (C=O) groups is 1. The van der Waals surface area contributed by atoms with Gasteiger partial charge in [-0.05, 0) is 51.4 Å². The largest absolute Gasteiger partial charge is 0.394 e. The summed E-state index contributed by atoms with van der Waals surface area (Å²) < 4.78 is 34.5. The number of hydrogen-bond donors (Lipinski definition) is 12. The van der Waals surface area contributed by atoms with Gasteiger partial charge >= 0.3 is 0 Å². The lowest BCUT2D eigenvalue weighted by molar-refractivity contribution is -0.379. The van der Waals surface area contributed by atoms with Crippen molar-refractivity contribution in [1.29, 1.82) is 0 Å². The van der Waals surface area contributed by atoms with Crippen molar-refractivity contribution >= 4 is 5.91 Å². The van der Waals surface area contributed by atoms with E-state index in [-0.39, 0.29) is 18.9 Å². The minimum Gasteiger partial charge on any atom is -0.394 e. The maximum absolute atomic E-state index is 13.5. The smallest absolute Gasteiger partial charge is 0.220 e. The van der Waals surface area contributed by atoms with E-state index >= 15 is 0 Å². The first-order valence-electron chi connectivity index (χ1n) is 37.2. The summed E-state index contributed by atoms with van der Waals surface area (Å²) in [6.07, 6.45) is 37.8. The van der Waals surface area contributed by atoms with Gasteiger partial charge in [-0.15, -0.1) is 0 Å². The number of aliphatic hydroxyl groups is 11. The summed E-state index contributed by atoms with van der Waals surface area (Å²) in [5.41, 5.74) is 0. The number of amides is 1. The lowest BCUT2D eigenvalue weighted by Gasteiger charge is -2.48. The third kappa shape index (κ3) is 36.0. The highest BCUT2D eigenvalue weighted by molar-refractivity contribution is 5.76. The molecule has 3 fully saturated rings. The van der Waals surface area contributed by atoms with Crippen LogP contribution in [0.5, 0.6) is 0 Å². The summed E-state index contributed by atoms with van der Waals surface area (Å²) in [7, 11) is 0. The van der Waals surface area contributed by atoms with Crippen LogP contribution in [0.15, 0.2) is 36.5 Å². The average Bonchev–Trinajstić information content (AvgIpc) is 0.837. The first-order valence-corrected chi connectivity index (χ1v) is 37.2. The molecule has 1 amide bonds. The Hall–Kier alpha value is -1.99. The van der Waals surface area contributed by atoms with Crippen LogP contribution in [0.25, 0.3) is 0 Å². The zero-order valence-corrected chi connectivity index (χ0v) is 57.3. The van der Waals surface area contributed by atoms with E-state index in [2.05, 4.69) is 55.6 Å². The predicted molar refractivity (Wildman–Crippen MR) is 360 cm³/mol. The van der Waals surface area contributed by atoms with Crippen LogP contribution in [-0.2, 0) is 33.2 Å². The highest BCUT2D eigenvalue weighted by atomic mass is 16.8. The molecule has 17 unspecified atom stereocenters. The molecule has 0 radical (unpaired) electrons. The number of carbonyl (C=O) groups excluding carboxylic acids is 1. The van der Waals surface area contributed by atoms with Crippen LogP contribution in [0.1, 0.15) is 290 Å². The van der Waals surface area contributed by atoms with E-state index in [1.54, 1.807) is 0 Å². The molecule has 0 bridgehead atoms. The van der Waals surface area contributed by atoms with E-state index in [9.17, 15) is 61.0 Å². The number of hydrogen-bond acceptors (Lipinski definition) is 18. The number of ether oxygens (including phenoxy) is 6. The van der Waals surface area contributed by atoms with Crippen LogP contribution in [-0.4, -0.2) is 193 Å². The van der Waals surface area contributed by atoms with Gasteiger partial charge in [0, 0.05) is 6.42 Å². The Morgan fingerprint density at radius 1 is 0.391 bits per heavy atom. The van der Waals surface area contributed by atoms with Crippen molar-refractivity contribution in [2.45, 2.75) is 394 Å². The molecule has 0 aromatic carbocycles. The van der Waals surface area contributed by atoms with Gasteiger partial charge < -0.3 is 89.9 Å². The second-order valence-corrected chi connectivity index (χ2v) is 26.8. The van der Waals surface area contributed by atoms with Crippen LogP contribution < -0.4 is 5.32 Å². The fourth-order valence-corrected chi connectivity index (χ4v) is 12.7. The van der Waals surface area contributed by atoms with Crippen molar-refractivity contribution in [2.24, 2.45) is 0 Å². The van der Waals surface area contributed by atoms with Gasteiger partial charge in [0.1, 0.15) is 73.2 Å². The Labute approximate surface area is 555 Å². The molecule has 3 saturated heterocycles. The Kier molecular flexibility index (Phi) is 50.3. The zero-order valence-electron chi connectivity index (χ0n) is 57.3. The third-order valence-corrected chi connectivity index (χ3v) is 18.7. The van der Waals surface area contributed by atoms with Gasteiger partial charge in [0.15, 0.2) is 18.9 Å². The molecule has 3 aliphatic heterocycles. The van der Waals surface area contributed by atoms with Crippen molar-refractivity contribution in [3.8, 4) is 0 Å². The monoisotopic (exact) mass is 1310 g/mol. The number of aliphatic hydroxyl groups excluding tert-OH is 11. The first kappa shape index (κ1) is 84.2. The number of nitrogens with one attached hydrogen (secondary N) is 1. The summed E-state index contributed by atoms with van der Waals surface area (Å²) >= 11 is 0. The Morgan fingerprint density at radius 3 is 1.12 bits per heavy atom. The van der Waals surface area contributed by atoms with Gasteiger partial charge in [0.05, 0.1) is 38.6 Å². The zero-order chi connectivity index (χ0) is 66.8. The molecule has 0 saturated carbocycles. The van der Waals surface area contributed by atoms with Gasteiger partial charge in [-0.25, -0.2) is 0 Å². The van der Waals surface area contributed by atoms with Crippen molar-refractivity contribution in [3.63, 3.8) is 0 Å². The van der Waals surface area contributed by atoms with Crippen molar-refractivity contribution in [2.75, 3.05) is 26.4 Å². The maximum Gasteiger partial charge on any atom is 0.220 e. The van der Waals surface area contributed by atoms with E-state index < -0.39 is 124 Å². The fraction of sp³-hybridized carbons (Fsp3) is 0.904. The summed E-state index contributed by atoms with van der Waals surface area (Å²) in [6.45, 7) is 1.82. The van der Waals surface area contributed by atoms with Crippen LogP contribution in [0.3, 0.4) is 0 Å². The van der Waals surface area contributed by atoms with Crippen molar-refractivity contribution in [1.82, 2.24) is 5.32 Å². The minimum absolute atomic E-state index is 0.244. The Bertz CT molecular complexity index is 1810. The molecule has 540 valence electrons. The molecule has 92 heavy (non-hydrogen) atoms. The van der Waals surface area contributed by atoms with Crippen LogP contribution in [0.4, 0.5) is 0 Å². The van der Waals surface area contributed by atoms with Crippen LogP contribution in [0.2, 0.25) is 0 Å². The average molecular weight is 1310 g/mol. The standard InChI is InChI=1S/C73H135NO18/c1-3-5-7-9-11-13-15-17-19-21-23-25-27-28-29-31-33-35-37-39-41-43-45-47-49-51-61(79)74-56(57(78)50-48-46-44-42-40-38-36-34-32-30-26-24-22-20-18-16-14-12-10-8-6-4-2)55-87-71-67(85)64(82)69(59(53-76)89-71)92-73-68(86)65(83)70(60(54-77)90-73)91-72-66(84)63(81)62(80)58(52-75)88-72/h15,17,21,23,27-28,56-60,62-73,75-78,80-86H,3-14,16,18-20,22,24-26,29-55H2,1-2H3,(H,74,79)/b17-15-,23-21-,28-27-. The highest BCUT2D eigenvalue weighted by Crippen LogP contribution is 2.33. The molecule has 3 heterocycles. The Balaban J connectivity index is 1.41. The summed E-state index contributed by atoms with van der Waals surface area (Å²) in [6, 6.07) is -0.891. The van der Waals surface area contributed by atoms with Gasteiger partial charge in [-0.2, -0.15) is 0 Å². The molecular weight excluding hydrogens is 1180 g/mol. The third-order valence-electron chi connectivity index (χ3n) is 18.7. The van der Waals surface area contributed by atoms with E-state index in [0.717, 1.165) is 64.2 Å². The highest BCUT2D eigenvalue weighted by Gasteiger charge is 2.53.